The number of nitrogens with one attached hydrogen (secondary N) is 2. The largest absolute Gasteiger partial charge is 0.382 e. The van der Waals surface area contributed by atoms with Crippen LogP contribution in [-0.4, -0.2) is 50.3 Å². The van der Waals surface area contributed by atoms with Gasteiger partial charge < -0.3 is 20.1 Å². The Morgan fingerprint density at radius 2 is 1.79 bits per heavy atom. The molecule has 0 heterocycles. The predicted octanol–water partition coefficient (Wildman–Crippen LogP) is 0.459. The van der Waals surface area contributed by atoms with Crippen molar-refractivity contribution in [2.24, 2.45) is 0 Å². The maximum Gasteiger partial charge on any atom is 0.242 e. The molecule has 0 spiro atoms. The highest BCUT2D eigenvalue weighted by Crippen LogP contribution is 1.99. The van der Waals surface area contributed by atoms with Crippen LogP contribution in [0.5, 0.6) is 0 Å². The number of rotatable bonds is 8. The molecule has 112 valence electrons. The molecule has 0 saturated heterocycles. The van der Waals surface area contributed by atoms with Crippen molar-refractivity contribution in [1.82, 2.24) is 10.6 Å². The van der Waals surface area contributed by atoms with E-state index in [1.54, 1.807) is 14.0 Å². The van der Waals surface area contributed by atoms with Crippen LogP contribution in [0.2, 0.25) is 0 Å². The summed E-state index contributed by atoms with van der Waals surface area (Å²) in [5.74, 6) is -0.393. The van der Waals surface area contributed by atoms with Crippen molar-refractivity contribution in [2.45, 2.75) is 45.7 Å². The van der Waals surface area contributed by atoms with Crippen LogP contribution in [0, 0.1) is 0 Å². The number of carbonyl (C=O) groups is 2. The number of ether oxygens (including phenoxy) is 2. The first-order valence-corrected chi connectivity index (χ1v) is 6.44. The zero-order valence-electron chi connectivity index (χ0n) is 12.5. The van der Waals surface area contributed by atoms with Gasteiger partial charge in [-0.2, -0.15) is 0 Å². The summed E-state index contributed by atoms with van der Waals surface area (Å²) in [5.41, 5.74) is -0.306. The van der Waals surface area contributed by atoms with Crippen LogP contribution in [0.4, 0.5) is 0 Å². The van der Waals surface area contributed by atoms with Gasteiger partial charge in [0.15, 0.2) is 0 Å². The Morgan fingerprint density at radius 3 is 2.32 bits per heavy atom. The van der Waals surface area contributed by atoms with Crippen molar-refractivity contribution < 1.29 is 19.1 Å². The molecular formula is C13H26N2O4. The SMILES string of the molecule is COCCOCCC(=O)NC(C)C(=O)NC(C)(C)C. The van der Waals surface area contributed by atoms with Crippen LogP contribution in [0.1, 0.15) is 34.1 Å². The molecule has 6 heteroatoms. The Morgan fingerprint density at radius 1 is 1.16 bits per heavy atom. The second-order valence-electron chi connectivity index (χ2n) is 5.38. The van der Waals surface area contributed by atoms with Gasteiger partial charge in [0, 0.05) is 19.1 Å². The quantitative estimate of drug-likeness (QED) is 0.630. The van der Waals surface area contributed by atoms with Gasteiger partial charge in [-0.25, -0.2) is 0 Å². The van der Waals surface area contributed by atoms with E-state index in [4.69, 9.17) is 9.47 Å². The van der Waals surface area contributed by atoms with Gasteiger partial charge in [-0.05, 0) is 27.7 Å². The number of carbonyl (C=O) groups excluding carboxylic acids is 2. The first-order valence-electron chi connectivity index (χ1n) is 6.44. The highest BCUT2D eigenvalue weighted by molar-refractivity contribution is 5.87. The molecule has 2 amide bonds. The van der Waals surface area contributed by atoms with Crippen LogP contribution in [-0.2, 0) is 19.1 Å². The molecule has 0 aromatic carbocycles. The van der Waals surface area contributed by atoms with E-state index in [0.29, 0.717) is 19.8 Å². The lowest BCUT2D eigenvalue weighted by Gasteiger charge is -2.23. The van der Waals surface area contributed by atoms with Crippen LogP contribution in [0.15, 0.2) is 0 Å². The molecule has 0 radical (unpaired) electrons. The average molecular weight is 274 g/mol. The number of methoxy groups -OCH3 is 1. The lowest BCUT2D eigenvalue weighted by Crippen LogP contribution is -2.50. The van der Waals surface area contributed by atoms with Gasteiger partial charge in [-0.1, -0.05) is 0 Å². The van der Waals surface area contributed by atoms with Crippen LogP contribution in [0.25, 0.3) is 0 Å². The molecule has 0 aromatic rings. The van der Waals surface area contributed by atoms with E-state index in [2.05, 4.69) is 10.6 Å². The summed E-state index contributed by atoms with van der Waals surface area (Å²) < 4.78 is 9.99. The van der Waals surface area contributed by atoms with Crippen molar-refractivity contribution in [2.75, 3.05) is 26.9 Å². The third-order valence-corrected chi connectivity index (χ3v) is 2.17. The van der Waals surface area contributed by atoms with Gasteiger partial charge in [0.2, 0.25) is 11.8 Å². The normalized spacial score (nSPS) is 12.9. The number of hydrogen-bond donors (Lipinski definition) is 2. The van der Waals surface area contributed by atoms with Gasteiger partial charge >= 0.3 is 0 Å². The molecule has 0 saturated carbocycles. The Labute approximate surface area is 115 Å². The summed E-state index contributed by atoms with van der Waals surface area (Å²) in [7, 11) is 1.59. The van der Waals surface area contributed by atoms with E-state index >= 15 is 0 Å². The summed E-state index contributed by atoms with van der Waals surface area (Å²) in [6.45, 7) is 8.62. The molecule has 6 nitrogen and oxygen atoms in total. The van der Waals surface area contributed by atoms with Gasteiger partial charge in [0.1, 0.15) is 6.04 Å². The molecule has 19 heavy (non-hydrogen) atoms. The Bertz CT molecular complexity index is 287. The van der Waals surface area contributed by atoms with Gasteiger partial charge in [0.05, 0.1) is 19.8 Å². The maximum atomic E-state index is 11.7. The Hall–Kier alpha value is -1.14. The minimum Gasteiger partial charge on any atom is -0.382 e. The minimum atomic E-state index is -0.550. The van der Waals surface area contributed by atoms with E-state index in [1.165, 1.54) is 0 Å². The summed E-state index contributed by atoms with van der Waals surface area (Å²) in [6.07, 6.45) is 0.233. The van der Waals surface area contributed by atoms with Crippen molar-refractivity contribution in [3.8, 4) is 0 Å². The van der Waals surface area contributed by atoms with Crippen LogP contribution >= 0.6 is 0 Å². The standard InChI is InChI=1S/C13H26N2O4/c1-10(12(17)15-13(2,3)4)14-11(16)6-7-19-9-8-18-5/h10H,6-9H2,1-5H3,(H,14,16)(H,15,17). The molecule has 0 fully saturated rings. The second kappa shape index (κ2) is 8.87. The van der Waals surface area contributed by atoms with E-state index in [9.17, 15) is 9.59 Å². The minimum absolute atomic E-state index is 0.193. The molecule has 0 aromatic heterocycles. The molecule has 0 bridgehead atoms. The lowest BCUT2D eigenvalue weighted by molar-refractivity contribution is -0.130. The van der Waals surface area contributed by atoms with Crippen molar-refractivity contribution in [3.05, 3.63) is 0 Å². The molecule has 2 N–H and O–H groups in total. The Kier molecular flexibility index (Phi) is 8.34. The fourth-order valence-electron chi connectivity index (χ4n) is 1.27. The highest BCUT2D eigenvalue weighted by Gasteiger charge is 2.20. The van der Waals surface area contributed by atoms with E-state index < -0.39 is 6.04 Å². The summed E-state index contributed by atoms with van der Waals surface area (Å²) in [6, 6.07) is -0.550. The summed E-state index contributed by atoms with van der Waals surface area (Å²) in [4.78, 5) is 23.3. The molecule has 0 aliphatic rings. The fourth-order valence-corrected chi connectivity index (χ4v) is 1.27. The third-order valence-electron chi connectivity index (χ3n) is 2.17. The van der Waals surface area contributed by atoms with E-state index in [1.807, 2.05) is 20.8 Å². The van der Waals surface area contributed by atoms with Gasteiger partial charge in [-0.3, -0.25) is 9.59 Å². The van der Waals surface area contributed by atoms with Gasteiger partial charge in [-0.15, -0.1) is 0 Å². The van der Waals surface area contributed by atoms with Crippen LogP contribution < -0.4 is 10.6 Å². The fraction of sp³-hybridized carbons (Fsp3) is 0.846. The number of hydrogen-bond acceptors (Lipinski definition) is 4. The molecule has 0 rings (SSSR count). The average Bonchev–Trinajstić information content (AvgIpc) is 2.26. The highest BCUT2D eigenvalue weighted by atomic mass is 16.5. The van der Waals surface area contributed by atoms with Crippen molar-refractivity contribution >= 4 is 11.8 Å². The summed E-state index contributed by atoms with van der Waals surface area (Å²) >= 11 is 0. The Balaban J connectivity index is 3.83. The van der Waals surface area contributed by atoms with Crippen molar-refractivity contribution in [3.63, 3.8) is 0 Å². The zero-order valence-corrected chi connectivity index (χ0v) is 12.5. The van der Waals surface area contributed by atoms with Gasteiger partial charge in [0.25, 0.3) is 0 Å². The van der Waals surface area contributed by atoms with Crippen LogP contribution in [0.3, 0.4) is 0 Å². The lowest BCUT2D eigenvalue weighted by atomic mass is 10.1. The van der Waals surface area contributed by atoms with E-state index in [-0.39, 0.29) is 23.8 Å². The maximum absolute atomic E-state index is 11.7. The first kappa shape index (κ1) is 17.9. The zero-order chi connectivity index (χ0) is 14.9. The van der Waals surface area contributed by atoms with E-state index in [0.717, 1.165) is 0 Å². The molecule has 0 aliphatic heterocycles. The topological polar surface area (TPSA) is 76.7 Å². The molecule has 0 aliphatic carbocycles. The first-order chi connectivity index (χ1) is 8.76. The second-order valence-corrected chi connectivity index (χ2v) is 5.38. The summed E-state index contributed by atoms with van der Waals surface area (Å²) in [5, 5.41) is 5.44. The predicted molar refractivity (Wildman–Crippen MR) is 72.8 cm³/mol. The van der Waals surface area contributed by atoms with Crippen molar-refractivity contribution in [1.29, 1.82) is 0 Å². The monoisotopic (exact) mass is 274 g/mol. The molecule has 1 unspecified atom stereocenters. The third kappa shape index (κ3) is 10.5. The smallest absolute Gasteiger partial charge is 0.242 e. The number of amides is 2. The molecule has 1 atom stereocenters. The molecular weight excluding hydrogens is 248 g/mol.